The third kappa shape index (κ3) is 3.42. The van der Waals surface area contributed by atoms with E-state index in [-0.39, 0.29) is 0 Å². The van der Waals surface area contributed by atoms with Crippen LogP contribution in [0.1, 0.15) is 63.4 Å². The summed E-state index contributed by atoms with van der Waals surface area (Å²) in [5.74, 6) is 2.64. The van der Waals surface area contributed by atoms with Gasteiger partial charge in [-0.25, -0.2) is 0 Å². The molecule has 1 aromatic carbocycles. The average Bonchev–Trinajstić information content (AvgIpc) is 2.51. The first kappa shape index (κ1) is 14.9. The Kier molecular flexibility index (Phi) is 4.84. The minimum absolute atomic E-state index is 0.678. The van der Waals surface area contributed by atoms with Crippen LogP contribution in [-0.4, -0.2) is 19.2 Å². The van der Waals surface area contributed by atoms with Crippen molar-refractivity contribution in [3.63, 3.8) is 0 Å². The van der Waals surface area contributed by atoms with E-state index >= 15 is 0 Å². The first-order valence-corrected chi connectivity index (χ1v) is 8.67. The summed E-state index contributed by atoms with van der Waals surface area (Å²) >= 11 is 0. The molecule has 2 saturated carbocycles. The number of hydrogen-bond donors (Lipinski definition) is 1. The fraction of sp³-hybridized carbons (Fsp3) is 0.684. The Balaban J connectivity index is 1.49. The molecule has 21 heavy (non-hydrogen) atoms. The molecule has 2 aliphatic rings. The van der Waals surface area contributed by atoms with Crippen LogP contribution in [0.15, 0.2) is 24.3 Å². The third-order valence-corrected chi connectivity index (χ3v) is 5.57. The molecule has 1 N–H and O–H groups in total. The monoisotopic (exact) mass is 287 g/mol. The second kappa shape index (κ2) is 6.83. The molecule has 0 aromatic heterocycles. The van der Waals surface area contributed by atoms with Crippen molar-refractivity contribution in [1.29, 1.82) is 0 Å². The first-order valence-electron chi connectivity index (χ1n) is 8.67. The number of nitrogens with one attached hydrogen (secondary N) is 1. The fourth-order valence-electron chi connectivity index (χ4n) is 4.15. The number of benzene rings is 1. The van der Waals surface area contributed by atoms with Gasteiger partial charge in [-0.3, -0.25) is 0 Å². The summed E-state index contributed by atoms with van der Waals surface area (Å²) in [5, 5.41) is 3.88. The van der Waals surface area contributed by atoms with Crippen molar-refractivity contribution in [2.45, 2.75) is 69.9 Å². The van der Waals surface area contributed by atoms with E-state index in [2.05, 4.69) is 36.5 Å². The molecule has 2 fully saturated rings. The molecule has 2 nitrogen and oxygen atoms in total. The molecule has 2 aliphatic carbocycles. The van der Waals surface area contributed by atoms with Crippen LogP contribution in [0, 0.1) is 5.92 Å². The van der Waals surface area contributed by atoms with Crippen LogP contribution in [0.4, 0.5) is 0 Å². The molecule has 0 unspecified atom stereocenters. The van der Waals surface area contributed by atoms with Gasteiger partial charge in [0.25, 0.3) is 0 Å². The Labute approximate surface area is 129 Å². The Hall–Kier alpha value is -1.02. The van der Waals surface area contributed by atoms with Gasteiger partial charge in [-0.2, -0.15) is 0 Å². The van der Waals surface area contributed by atoms with Crippen LogP contribution < -0.4 is 10.1 Å². The van der Waals surface area contributed by atoms with Crippen molar-refractivity contribution in [3.8, 4) is 5.75 Å². The van der Waals surface area contributed by atoms with E-state index in [1.807, 2.05) is 0 Å². The molecule has 1 atom stereocenters. The van der Waals surface area contributed by atoms with Crippen LogP contribution in [0.2, 0.25) is 0 Å². The lowest BCUT2D eigenvalue weighted by Gasteiger charge is -2.40. The lowest BCUT2D eigenvalue weighted by atomic mass is 9.74. The van der Waals surface area contributed by atoms with E-state index in [1.54, 1.807) is 7.11 Å². The number of hydrogen-bond acceptors (Lipinski definition) is 2. The molecule has 0 bridgehead atoms. The Morgan fingerprint density at radius 2 is 1.81 bits per heavy atom. The molecule has 116 valence electrons. The Bertz CT molecular complexity index is 447. The maximum Gasteiger partial charge on any atom is 0.122 e. The zero-order valence-corrected chi connectivity index (χ0v) is 13.5. The van der Waals surface area contributed by atoms with E-state index in [1.165, 1.54) is 50.5 Å². The van der Waals surface area contributed by atoms with Gasteiger partial charge in [-0.1, -0.05) is 37.5 Å². The number of methoxy groups -OCH3 is 1. The molecule has 0 heterocycles. The normalized spacial score (nSPS) is 27.9. The molecular weight excluding hydrogens is 258 g/mol. The number of rotatable bonds is 5. The van der Waals surface area contributed by atoms with E-state index in [4.69, 9.17) is 4.74 Å². The topological polar surface area (TPSA) is 21.3 Å². The summed E-state index contributed by atoms with van der Waals surface area (Å²) in [4.78, 5) is 0. The van der Waals surface area contributed by atoms with Gasteiger partial charge in [0.05, 0.1) is 7.11 Å². The highest BCUT2D eigenvalue weighted by Crippen LogP contribution is 2.41. The molecule has 0 spiro atoms. The van der Waals surface area contributed by atoms with Crippen LogP contribution >= 0.6 is 0 Å². The number of para-hydroxylation sites is 1. The smallest absolute Gasteiger partial charge is 0.122 e. The molecule has 3 rings (SSSR count). The lowest BCUT2D eigenvalue weighted by molar-refractivity contribution is 0.209. The second-order valence-corrected chi connectivity index (χ2v) is 6.96. The number of ether oxygens (including phenoxy) is 1. The highest BCUT2D eigenvalue weighted by Gasteiger charge is 2.33. The average molecular weight is 287 g/mol. The van der Waals surface area contributed by atoms with Crippen molar-refractivity contribution in [3.05, 3.63) is 29.8 Å². The SMILES string of the molecule is COc1ccccc1C1CC(N[C@H](C)C2CCCCC2)C1. The van der Waals surface area contributed by atoms with Crippen molar-refractivity contribution < 1.29 is 4.74 Å². The summed E-state index contributed by atoms with van der Waals surface area (Å²) in [6.07, 6.45) is 9.70. The van der Waals surface area contributed by atoms with Crippen LogP contribution in [0.5, 0.6) is 5.75 Å². The quantitative estimate of drug-likeness (QED) is 0.861. The second-order valence-electron chi connectivity index (χ2n) is 6.96. The van der Waals surface area contributed by atoms with Gasteiger partial charge in [-0.15, -0.1) is 0 Å². The molecule has 0 saturated heterocycles. The predicted molar refractivity (Wildman–Crippen MR) is 87.9 cm³/mol. The van der Waals surface area contributed by atoms with Gasteiger partial charge < -0.3 is 10.1 Å². The van der Waals surface area contributed by atoms with Crippen molar-refractivity contribution in [1.82, 2.24) is 5.32 Å². The lowest BCUT2D eigenvalue weighted by Crippen LogP contribution is -2.47. The van der Waals surface area contributed by atoms with E-state index in [0.717, 1.165) is 11.7 Å². The van der Waals surface area contributed by atoms with Gasteiger partial charge in [0.2, 0.25) is 0 Å². The zero-order valence-electron chi connectivity index (χ0n) is 13.5. The summed E-state index contributed by atoms with van der Waals surface area (Å²) in [6.45, 7) is 2.40. The van der Waals surface area contributed by atoms with Crippen LogP contribution in [-0.2, 0) is 0 Å². The minimum Gasteiger partial charge on any atom is -0.496 e. The standard InChI is InChI=1S/C19H29NO/c1-14(15-8-4-3-5-9-15)20-17-12-16(13-17)18-10-6-7-11-19(18)21-2/h6-7,10-11,14-17,20H,3-5,8-9,12-13H2,1-2H3/t14-,16?,17?/m1/s1. The molecule has 0 amide bonds. The van der Waals surface area contributed by atoms with Crippen molar-refractivity contribution in [2.24, 2.45) is 5.92 Å². The zero-order chi connectivity index (χ0) is 14.7. The summed E-state index contributed by atoms with van der Waals surface area (Å²) in [6, 6.07) is 9.89. The summed E-state index contributed by atoms with van der Waals surface area (Å²) < 4.78 is 5.49. The highest BCUT2D eigenvalue weighted by atomic mass is 16.5. The molecular formula is C19H29NO. The maximum absolute atomic E-state index is 5.49. The van der Waals surface area contributed by atoms with E-state index in [9.17, 15) is 0 Å². The largest absolute Gasteiger partial charge is 0.496 e. The van der Waals surface area contributed by atoms with Gasteiger partial charge in [-0.05, 0) is 56.1 Å². The van der Waals surface area contributed by atoms with Crippen molar-refractivity contribution >= 4 is 0 Å². The Morgan fingerprint density at radius 3 is 2.52 bits per heavy atom. The molecule has 1 aromatic rings. The predicted octanol–water partition coefficient (Wildman–Crippen LogP) is 4.50. The maximum atomic E-state index is 5.49. The highest BCUT2D eigenvalue weighted by molar-refractivity contribution is 5.37. The molecule has 2 heteroatoms. The van der Waals surface area contributed by atoms with Crippen LogP contribution in [0.25, 0.3) is 0 Å². The van der Waals surface area contributed by atoms with Gasteiger partial charge >= 0.3 is 0 Å². The van der Waals surface area contributed by atoms with Gasteiger partial charge in [0, 0.05) is 12.1 Å². The van der Waals surface area contributed by atoms with Crippen molar-refractivity contribution in [2.75, 3.05) is 7.11 Å². The third-order valence-electron chi connectivity index (χ3n) is 5.57. The Morgan fingerprint density at radius 1 is 1.10 bits per heavy atom. The van der Waals surface area contributed by atoms with E-state index < -0.39 is 0 Å². The van der Waals surface area contributed by atoms with Gasteiger partial charge in [0.15, 0.2) is 0 Å². The molecule has 0 aliphatic heterocycles. The molecule has 0 radical (unpaired) electrons. The summed E-state index contributed by atoms with van der Waals surface area (Å²) in [7, 11) is 1.78. The first-order chi connectivity index (χ1) is 10.3. The fourth-order valence-corrected chi connectivity index (χ4v) is 4.15. The van der Waals surface area contributed by atoms with E-state index in [0.29, 0.717) is 18.0 Å². The van der Waals surface area contributed by atoms with Gasteiger partial charge in [0.1, 0.15) is 5.75 Å². The minimum atomic E-state index is 0.678. The summed E-state index contributed by atoms with van der Waals surface area (Å²) in [5.41, 5.74) is 1.39. The van der Waals surface area contributed by atoms with Crippen LogP contribution in [0.3, 0.4) is 0 Å².